The van der Waals surface area contributed by atoms with Crippen molar-refractivity contribution in [2.24, 2.45) is 14.1 Å². The lowest BCUT2D eigenvalue weighted by atomic mass is 10.1. The molecule has 10 nitrogen and oxygen atoms in total. The summed E-state index contributed by atoms with van der Waals surface area (Å²) in [4.78, 5) is 51.4. The van der Waals surface area contributed by atoms with Crippen molar-refractivity contribution in [3.63, 3.8) is 0 Å². The summed E-state index contributed by atoms with van der Waals surface area (Å²) < 4.78 is 4.88. The average molecular weight is 520 g/mol. The van der Waals surface area contributed by atoms with E-state index < -0.39 is 11.2 Å². The summed E-state index contributed by atoms with van der Waals surface area (Å²) in [5.74, 6) is -0.192. The van der Waals surface area contributed by atoms with E-state index >= 15 is 0 Å². The van der Waals surface area contributed by atoms with Gasteiger partial charge in [0.25, 0.3) is 5.56 Å². The Bertz CT molecular complexity index is 1520. The number of rotatable bonds is 7. The average Bonchev–Trinajstić information content (AvgIpc) is 3.41. The highest BCUT2D eigenvalue weighted by Crippen LogP contribution is 2.32. The molecular formula is C23H30ClN7O3S. The Balaban J connectivity index is 0.00000342. The Hall–Kier alpha value is -3.02. The first-order valence-electron chi connectivity index (χ1n) is 11.0. The fraction of sp³-hybridized carbons (Fsp3) is 0.435. The number of carbonyl (C=O) groups excluding carboxylic acids is 1. The fourth-order valence-electron chi connectivity index (χ4n) is 3.95. The van der Waals surface area contributed by atoms with E-state index in [9.17, 15) is 14.4 Å². The van der Waals surface area contributed by atoms with Crippen molar-refractivity contribution in [3.8, 4) is 0 Å². The van der Waals surface area contributed by atoms with Crippen molar-refractivity contribution >= 4 is 56.2 Å². The first-order chi connectivity index (χ1) is 16.1. The molecule has 3 heterocycles. The van der Waals surface area contributed by atoms with Gasteiger partial charge in [-0.05, 0) is 58.1 Å². The van der Waals surface area contributed by atoms with E-state index in [2.05, 4.69) is 16.0 Å². The maximum Gasteiger partial charge on any atom is 0.332 e. The lowest BCUT2D eigenvalue weighted by Gasteiger charge is -2.21. The van der Waals surface area contributed by atoms with Crippen LogP contribution < -0.4 is 16.1 Å². The second-order valence-electron chi connectivity index (χ2n) is 8.80. The topological polar surface area (TPSA) is 98.3 Å². The summed E-state index contributed by atoms with van der Waals surface area (Å²) in [5, 5.41) is 0.636. The number of aryl methyl sites for hydroxylation is 3. The summed E-state index contributed by atoms with van der Waals surface area (Å²) in [6, 6.07) is 4.10. The molecule has 188 valence electrons. The van der Waals surface area contributed by atoms with Crippen LogP contribution in [0.3, 0.4) is 0 Å². The number of carbonyl (C=O) groups is 1. The summed E-state index contributed by atoms with van der Waals surface area (Å²) in [6.45, 7) is 5.32. The zero-order chi connectivity index (χ0) is 24.7. The minimum absolute atomic E-state index is 0. The van der Waals surface area contributed by atoms with E-state index in [4.69, 9.17) is 4.98 Å². The molecule has 0 radical (unpaired) electrons. The number of thiazole rings is 1. The standard InChI is InChI=1S/C23H29N7O3S.ClH/c1-14-8-9-16-18(15(14)2)25-22(34-16)30(11-7-10-26(3)4)17(31)12-29-13-24-20-19(29)21(32)28(6)23(33)27(20)5;/h8-9,13H,7,10-12H2,1-6H3;1H. The highest BCUT2D eigenvalue weighted by molar-refractivity contribution is 7.22. The van der Waals surface area contributed by atoms with Crippen LogP contribution in [0.15, 0.2) is 28.0 Å². The molecule has 12 heteroatoms. The molecule has 0 unspecified atom stereocenters. The molecular weight excluding hydrogens is 490 g/mol. The minimum Gasteiger partial charge on any atom is -0.315 e. The van der Waals surface area contributed by atoms with Gasteiger partial charge in [-0.3, -0.25) is 23.6 Å². The molecule has 0 aliphatic rings. The molecule has 1 amide bonds. The van der Waals surface area contributed by atoms with Gasteiger partial charge in [-0.2, -0.15) is 0 Å². The molecule has 4 aromatic rings. The number of aromatic nitrogens is 5. The van der Waals surface area contributed by atoms with Gasteiger partial charge in [0.2, 0.25) is 5.91 Å². The predicted octanol–water partition coefficient (Wildman–Crippen LogP) is 2.07. The van der Waals surface area contributed by atoms with Crippen molar-refractivity contribution in [3.05, 3.63) is 50.4 Å². The van der Waals surface area contributed by atoms with Crippen LogP contribution in [-0.4, -0.2) is 61.7 Å². The maximum atomic E-state index is 13.6. The van der Waals surface area contributed by atoms with Gasteiger partial charge >= 0.3 is 5.69 Å². The van der Waals surface area contributed by atoms with E-state index in [1.165, 1.54) is 33.8 Å². The van der Waals surface area contributed by atoms with Crippen LogP contribution in [0.1, 0.15) is 17.5 Å². The summed E-state index contributed by atoms with van der Waals surface area (Å²) in [5.41, 5.74) is 2.70. The first-order valence-corrected chi connectivity index (χ1v) is 11.8. The van der Waals surface area contributed by atoms with Crippen LogP contribution in [0.2, 0.25) is 0 Å². The lowest BCUT2D eigenvalue weighted by Crippen LogP contribution is -2.39. The van der Waals surface area contributed by atoms with Crippen LogP contribution in [0.25, 0.3) is 21.4 Å². The minimum atomic E-state index is -0.478. The Morgan fingerprint density at radius 1 is 1.09 bits per heavy atom. The van der Waals surface area contributed by atoms with E-state index in [0.29, 0.717) is 11.7 Å². The first kappa shape index (κ1) is 26.6. The quantitative estimate of drug-likeness (QED) is 0.371. The second kappa shape index (κ2) is 10.3. The number of nitrogens with zero attached hydrogens (tertiary/aromatic N) is 7. The number of hydrogen-bond donors (Lipinski definition) is 0. The molecule has 0 bridgehead atoms. The van der Waals surface area contributed by atoms with Crippen LogP contribution in [0, 0.1) is 13.8 Å². The molecule has 0 aliphatic heterocycles. The van der Waals surface area contributed by atoms with E-state index in [1.807, 2.05) is 34.0 Å². The SMILES string of the molecule is Cc1ccc2sc(N(CCCN(C)C)C(=O)Cn3cnc4c3c(=O)n(C)c(=O)n4C)nc2c1C.Cl. The van der Waals surface area contributed by atoms with Crippen molar-refractivity contribution in [1.82, 2.24) is 28.6 Å². The highest BCUT2D eigenvalue weighted by atomic mass is 35.5. The smallest absolute Gasteiger partial charge is 0.315 e. The van der Waals surface area contributed by atoms with Gasteiger partial charge in [0.05, 0.1) is 16.5 Å². The second-order valence-corrected chi connectivity index (χ2v) is 9.81. The van der Waals surface area contributed by atoms with Gasteiger partial charge in [-0.1, -0.05) is 17.4 Å². The molecule has 0 aliphatic carbocycles. The van der Waals surface area contributed by atoms with Crippen LogP contribution >= 0.6 is 23.7 Å². The third-order valence-corrected chi connectivity index (χ3v) is 7.16. The third kappa shape index (κ3) is 4.89. The number of hydrogen-bond acceptors (Lipinski definition) is 7. The molecule has 35 heavy (non-hydrogen) atoms. The monoisotopic (exact) mass is 519 g/mol. The van der Waals surface area contributed by atoms with Crippen LogP contribution in [-0.2, 0) is 25.4 Å². The molecule has 0 spiro atoms. The van der Waals surface area contributed by atoms with Gasteiger partial charge in [0, 0.05) is 20.6 Å². The van der Waals surface area contributed by atoms with Gasteiger partial charge in [-0.15, -0.1) is 12.4 Å². The molecule has 0 N–H and O–H groups in total. The number of halogens is 1. The largest absolute Gasteiger partial charge is 0.332 e. The number of amides is 1. The lowest BCUT2D eigenvalue weighted by molar-refractivity contribution is -0.119. The molecule has 1 aromatic carbocycles. The molecule has 0 atom stereocenters. The van der Waals surface area contributed by atoms with Crippen LogP contribution in [0.5, 0.6) is 0 Å². The molecule has 0 saturated carbocycles. The number of fused-ring (bicyclic) bond motifs is 2. The van der Waals surface area contributed by atoms with E-state index in [-0.39, 0.29) is 36.0 Å². The summed E-state index contributed by atoms with van der Waals surface area (Å²) >= 11 is 1.49. The van der Waals surface area contributed by atoms with Crippen molar-refractivity contribution in [2.75, 3.05) is 32.1 Å². The summed E-state index contributed by atoms with van der Waals surface area (Å²) in [7, 11) is 6.96. The Labute approximate surface area is 212 Å². The van der Waals surface area contributed by atoms with Crippen molar-refractivity contribution in [1.29, 1.82) is 0 Å². The fourth-order valence-corrected chi connectivity index (χ4v) is 5.02. The van der Waals surface area contributed by atoms with Gasteiger partial charge < -0.3 is 9.47 Å². The van der Waals surface area contributed by atoms with Crippen molar-refractivity contribution in [2.45, 2.75) is 26.8 Å². The van der Waals surface area contributed by atoms with E-state index in [0.717, 1.165) is 38.9 Å². The number of imidazole rings is 1. The molecule has 4 rings (SSSR count). The Kier molecular flexibility index (Phi) is 7.83. The molecule has 0 saturated heterocycles. The van der Waals surface area contributed by atoms with Gasteiger partial charge in [0.1, 0.15) is 6.54 Å². The maximum absolute atomic E-state index is 13.6. The third-order valence-electron chi connectivity index (χ3n) is 6.12. The zero-order valence-electron chi connectivity index (χ0n) is 20.7. The Morgan fingerprint density at radius 3 is 2.49 bits per heavy atom. The number of benzene rings is 1. The molecule has 0 fully saturated rings. The zero-order valence-corrected chi connectivity index (χ0v) is 22.4. The normalized spacial score (nSPS) is 11.4. The van der Waals surface area contributed by atoms with Gasteiger partial charge in [-0.25, -0.2) is 14.8 Å². The van der Waals surface area contributed by atoms with Gasteiger partial charge in [0.15, 0.2) is 16.3 Å². The van der Waals surface area contributed by atoms with Crippen LogP contribution in [0.4, 0.5) is 5.13 Å². The number of anilines is 1. The van der Waals surface area contributed by atoms with Crippen molar-refractivity contribution < 1.29 is 4.79 Å². The van der Waals surface area contributed by atoms with E-state index in [1.54, 1.807) is 11.9 Å². The Morgan fingerprint density at radius 2 is 1.80 bits per heavy atom. The molecule has 3 aromatic heterocycles. The highest BCUT2D eigenvalue weighted by Gasteiger charge is 2.23. The predicted molar refractivity (Wildman–Crippen MR) is 142 cm³/mol. The summed E-state index contributed by atoms with van der Waals surface area (Å²) in [6.07, 6.45) is 2.21.